The van der Waals surface area contributed by atoms with Crippen LogP contribution in [0.2, 0.25) is 0 Å². The second kappa shape index (κ2) is 7.13. The molecule has 7 nitrogen and oxygen atoms in total. The number of hydrogen-bond acceptors (Lipinski definition) is 6. The third-order valence-electron chi connectivity index (χ3n) is 3.92. The first-order valence-corrected chi connectivity index (χ1v) is 8.96. The van der Waals surface area contributed by atoms with E-state index in [-0.39, 0.29) is 63.5 Å². The average molecular weight is 383 g/mol. The van der Waals surface area contributed by atoms with Gasteiger partial charge in [-0.2, -0.15) is 8.42 Å². The van der Waals surface area contributed by atoms with Gasteiger partial charge in [-0.1, -0.05) is 24.3 Å². The molecule has 0 heterocycles. The fraction of sp³-hybridized carbons (Fsp3) is 0.176. The molecule has 0 unspecified atom stereocenters. The molecule has 2 aromatic rings. The maximum atomic E-state index is 12.9. The van der Waals surface area contributed by atoms with E-state index in [4.69, 9.17) is 5.73 Å². The zero-order valence-corrected chi connectivity index (χ0v) is 17.3. The molecular weight excluding hydrogens is 367 g/mol. The Kier molecular flexibility index (Phi) is 5.65. The SMILES string of the molecule is CC(C)Nc1cc(S(=O)(=O)O)c(N)c2c1C(=O)c1ccccc1C2=O.[Na]. The van der Waals surface area contributed by atoms with E-state index in [2.05, 4.69) is 5.32 Å². The molecule has 0 atom stereocenters. The number of carbonyl (C=O) groups is 2. The first kappa shape index (κ1) is 20.6. The van der Waals surface area contributed by atoms with Crippen molar-refractivity contribution in [2.75, 3.05) is 11.1 Å². The summed E-state index contributed by atoms with van der Waals surface area (Å²) in [6, 6.07) is 7.19. The van der Waals surface area contributed by atoms with E-state index >= 15 is 0 Å². The summed E-state index contributed by atoms with van der Waals surface area (Å²) in [6.07, 6.45) is 0. The fourth-order valence-electron chi connectivity index (χ4n) is 2.93. The summed E-state index contributed by atoms with van der Waals surface area (Å²) in [5, 5.41) is 2.95. The van der Waals surface area contributed by atoms with Crippen LogP contribution in [0, 0.1) is 0 Å². The predicted octanol–water partition coefficient (Wildman–Crippen LogP) is 1.73. The van der Waals surface area contributed by atoms with Crippen LogP contribution >= 0.6 is 0 Å². The molecule has 0 aromatic heterocycles. The zero-order chi connectivity index (χ0) is 18.5. The smallest absolute Gasteiger partial charge is 0.296 e. The monoisotopic (exact) mass is 383 g/mol. The van der Waals surface area contributed by atoms with Crippen LogP contribution in [0.25, 0.3) is 0 Å². The Hall–Kier alpha value is -1.71. The quantitative estimate of drug-likeness (QED) is 0.357. The fourth-order valence-corrected chi connectivity index (χ4v) is 3.58. The van der Waals surface area contributed by atoms with Crippen LogP contribution in [0.3, 0.4) is 0 Å². The van der Waals surface area contributed by atoms with Gasteiger partial charge >= 0.3 is 0 Å². The van der Waals surface area contributed by atoms with Crippen LogP contribution in [0.5, 0.6) is 0 Å². The molecule has 0 aliphatic heterocycles. The van der Waals surface area contributed by atoms with Gasteiger partial charge in [-0.05, 0) is 19.9 Å². The third-order valence-corrected chi connectivity index (χ3v) is 4.82. The molecule has 2 aromatic carbocycles. The number of anilines is 2. The molecule has 0 saturated heterocycles. The molecule has 0 fully saturated rings. The van der Waals surface area contributed by atoms with Crippen LogP contribution in [0.1, 0.15) is 45.7 Å². The van der Waals surface area contributed by atoms with Crippen LogP contribution < -0.4 is 11.1 Å². The summed E-state index contributed by atoms with van der Waals surface area (Å²) in [4.78, 5) is 25.2. The Morgan fingerprint density at radius 1 is 1.04 bits per heavy atom. The van der Waals surface area contributed by atoms with Crippen molar-refractivity contribution in [1.82, 2.24) is 0 Å². The topological polar surface area (TPSA) is 127 Å². The van der Waals surface area contributed by atoms with Gasteiger partial charge in [0.05, 0.1) is 16.8 Å². The van der Waals surface area contributed by atoms with Gasteiger partial charge in [0.25, 0.3) is 10.1 Å². The molecule has 1 aliphatic carbocycles. The molecule has 4 N–H and O–H groups in total. The van der Waals surface area contributed by atoms with E-state index < -0.39 is 32.3 Å². The molecule has 0 bridgehead atoms. The number of nitrogens with one attached hydrogen (secondary N) is 1. The summed E-state index contributed by atoms with van der Waals surface area (Å²) >= 11 is 0. The van der Waals surface area contributed by atoms with Crippen LogP contribution in [-0.2, 0) is 10.1 Å². The van der Waals surface area contributed by atoms with Crippen molar-refractivity contribution >= 4 is 62.6 Å². The minimum absolute atomic E-state index is 0. The van der Waals surface area contributed by atoms with Gasteiger partial charge in [-0.25, -0.2) is 0 Å². The van der Waals surface area contributed by atoms with Gasteiger partial charge in [0.1, 0.15) is 4.90 Å². The van der Waals surface area contributed by atoms with Gasteiger partial charge in [-0.15, -0.1) is 0 Å². The molecule has 0 spiro atoms. The van der Waals surface area contributed by atoms with E-state index in [1.165, 1.54) is 12.1 Å². The Balaban J connectivity index is 0.00000243. The predicted molar refractivity (Wildman–Crippen MR) is 98.5 cm³/mol. The van der Waals surface area contributed by atoms with Crippen molar-refractivity contribution in [2.45, 2.75) is 24.8 Å². The second-order valence-corrected chi connectivity index (χ2v) is 7.45. The van der Waals surface area contributed by atoms with E-state index in [1.54, 1.807) is 26.0 Å². The van der Waals surface area contributed by atoms with Gasteiger partial charge in [0, 0.05) is 52.4 Å². The molecule has 26 heavy (non-hydrogen) atoms. The summed E-state index contributed by atoms with van der Waals surface area (Å²) in [5.41, 5.74) is 5.75. The number of benzene rings is 2. The summed E-state index contributed by atoms with van der Waals surface area (Å²) < 4.78 is 32.8. The molecule has 131 valence electrons. The number of carbonyl (C=O) groups excluding carboxylic acids is 2. The van der Waals surface area contributed by atoms with Crippen LogP contribution in [0.4, 0.5) is 11.4 Å². The van der Waals surface area contributed by atoms with Crippen LogP contribution in [-0.4, -0.2) is 60.1 Å². The maximum Gasteiger partial charge on any atom is 0.296 e. The number of nitrogens with two attached hydrogens (primary N) is 1. The van der Waals surface area contributed by atoms with Crippen molar-refractivity contribution in [3.05, 3.63) is 52.6 Å². The summed E-state index contributed by atoms with van der Waals surface area (Å²) in [6.45, 7) is 3.58. The van der Waals surface area contributed by atoms with E-state index in [0.717, 1.165) is 6.07 Å². The minimum atomic E-state index is -4.67. The van der Waals surface area contributed by atoms with Crippen LogP contribution in [0.15, 0.2) is 35.2 Å². The molecule has 1 radical (unpaired) electrons. The maximum absolute atomic E-state index is 12.9. The average Bonchev–Trinajstić information content (AvgIpc) is 2.52. The molecule has 1 aliphatic rings. The molecule has 0 amide bonds. The van der Waals surface area contributed by atoms with Gasteiger partial charge < -0.3 is 11.1 Å². The number of fused-ring (bicyclic) bond motifs is 2. The van der Waals surface area contributed by atoms with E-state index in [9.17, 15) is 22.6 Å². The Labute approximate surface area is 173 Å². The number of hydrogen-bond donors (Lipinski definition) is 3. The minimum Gasteiger partial charge on any atom is -0.397 e. The molecule has 0 saturated carbocycles. The number of nitrogen functional groups attached to an aromatic ring is 1. The second-order valence-electron chi connectivity index (χ2n) is 6.06. The first-order chi connectivity index (χ1) is 11.6. The Morgan fingerprint density at radius 2 is 1.54 bits per heavy atom. The van der Waals surface area contributed by atoms with E-state index in [1.807, 2.05) is 0 Å². The number of rotatable bonds is 3. The largest absolute Gasteiger partial charge is 0.397 e. The zero-order valence-electron chi connectivity index (χ0n) is 14.5. The van der Waals surface area contributed by atoms with Gasteiger partial charge in [0.2, 0.25) is 0 Å². The third kappa shape index (κ3) is 3.30. The standard InChI is InChI=1S/C17H16N2O5S.Na/c1-8(2)19-11-7-12(25(22,23)24)15(18)14-13(11)16(20)9-5-3-4-6-10(9)17(14)21;/h3-8,19H,18H2,1-2H3,(H,22,23,24);. The normalized spacial score (nSPS) is 13.1. The first-order valence-electron chi connectivity index (χ1n) is 7.52. The Morgan fingerprint density at radius 3 is 2.00 bits per heavy atom. The molecule has 9 heteroatoms. The molecule has 3 rings (SSSR count). The Bertz CT molecular complexity index is 1030. The van der Waals surface area contributed by atoms with Crippen molar-refractivity contribution in [3.8, 4) is 0 Å². The summed E-state index contributed by atoms with van der Waals surface area (Å²) in [5.74, 6) is -0.984. The number of ketones is 2. The summed E-state index contributed by atoms with van der Waals surface area (Å²) in [7, 11) is -4.67. The van der Waals surface area contributed by atoms with Gasteiger partial charge in [0.15, 0.2) is 11.6 Å². The van der Waals surface area contributed by atoms with Crippen molar-refractivity contribution in [1.29, 1.82) is 0 Å². The van der Waals surface area contributed by atoms with Crippen molar-refractivity contribution < 1.29 is 22.6 Å². The van der Waals surface area contributed by atoms with E-state index in [0.29, 0.717) is 0 Å². The van der Waals surface area contributed by atoms with Gasteiger partial charge in [-0.3, -0.25) is 14.1 Å². The van der Waals surface area contributed by atoms with Crippen molar-refractivity contribution in [3.63, 3.8) is 0 Å². The van der Waals surface area contributed by atoms with Crippen molar-refractivity contribution in [2.24, 2.45) is 0 Å². The molecular formula is C17H16N2NaO5S.